The molecule has 1 aromatic carbocycles. The molecule has 0 atom stereocenters. The molecule has 18 heavy (non-hydrogen) atoms. The van der Waals surface area contributed by atoms with Crippen molar-refractivity contribution in [3.05, 3.63) is 42.1 Å². The predicted octanol–water partition coefficient (Wildman–Crippen LogP) is 1.71. The van der Waals surface area contributed by atoms with Crippen LogP contribution in [0.2, 0.25) is 0 Å². The van der Waals surface area contributed by atoms with Crippen LogP contribution in [-0.4, -0.2) is 22.8 Å². The number of rotatable bonds is 4. The van der Waals surface area contributed by atoms with Crippen molar-refractivity contribution in [3.8, 4) is 5.75 Å². The van der Waals surface area contributed by atoms with Crippen LogP contribution >= 0.6 is 0 Å². The molecule has 0 aliphatic heterocycles. The molecule has 0 aliphatic rings. The van der Waals surface area contributed by atoms with Crippen LogP contribution < -0.4 is 10.1 Å². The molecule has 6 nitrogen and oxygen atoms in total. The molecule has 0 aliphatic carbocycles. The molecule has 1 aromatic heterocycles. The third kappa shape index (κ3) is 3.58. The zero-order valence-corrected chi connectivity index (χ0v) is 9.92. The number of hydrogen-bond donors (Lipinski definition) is 1. The number of ether oxygens (including phenoxy) is 1. The number of hydrogen-bond acceptors (Lipinski definition) is 5. The minimum absolute atomic E-state index is 0.382. The van der Waals surface area contributed by atoms with Gasteiger partial charge < -0.3 is 14.5 Å². The first kappa shape index (κ1) is 12.1. The summed E-state index contributed by atoms with van der Waals surface area (Å²) >= 11 is 0. The molecule has 1 heterocycles. The van der Waals surface area contributed by atoms with Gasteiger partial charge in [0.25, 0.3) is 0 Å². The number of benzene rings is 1. The van der Waals surface area contributed by atoms with Gasteiger partial charge in [0.2, 0.25) is 11.8 Å². The summed E-state index contributed by atoms with van der Waals surface area (Å²) in [7, 11) is 0. The van der Waals surface area contributed by atoms with Gasteiger partial charge in [0, 0.05) is 19.9 Å². The maximum Gasteiger partial charge on any atom is 0.412 e. The molecular formula is C12H13N3O3. The first-order valence-electron chi connectivity index (χ1n) is 5.54. The van der Waals surface area contributed by atoms with Crippen LogP contribution in [-0.2, 0) is 6.42 Å². The number of para-hydroxylation sites is 1. The monoisotopic (exact) mass is 247 g/mol. The van der Waals surface area contributed by atoms with Gasteiger partial charge in [-0.3, -0.25) is 0 Å². The highest BCUT2D eigenvalue weighted by atomic mass is 16.6. The molecule has 0 radical (unpaired) electrons. The van der Waals surface area contributed by atoms with Crippen molar-refractivity contribution < 1.29 is 13.9 Å². The van der Waals surface area contributed by atoms with E-state index < -0.39 is 6.09 Å². The van der Waals surface area contributed by atoms with E-state index in [-0.39, 0.29) is 0 Å². The predicted molar refractivity (Wildman–Crippen MR) is 63.2 cm³/mol. The van der Waals surface area contributed by atoms with Gasteiger partial charge >= 0.3 is 6.09 Å². The minimum atomic E-state index is -0.502. The van der Waals surface area contributed by atoms with Gasteiger partial charge in [0.15, 0.2) is 0 Å². The van der Waals surface area contributed by atoms with Gasteiger partial charge in [-0.2, -0.15) is 0 Å². The molecular weight excluding hydrogens is 234 g/mol. The lowest BCUT2D eigenvalue weighted by Gasteiger charge is -2.04. The second kappa shape index (κ2) is 5.81. The summed E-state index contributed by atoms with van der Waals surface area (Å²) in [5.74, 6) is 1.51. The standard InChI is InChI=1S/C12H13N3O3/c1-9-14-15-11(17-9)7-8-13-12(16)18-10-5-3-2-4-6-10/h2-6H,7-8H2,1H3,(H,13,16). The summed E-state index contributed by atoms with van der Waals surface area (Å²) in [5.41, 5.74) is 0. The van der Waals surface area contributed by atoms with E-state index in [1.165, 1.54) is 0 Å². The SMILES string of the molecule is Cc1nnc(CCNC(=O)Oc2ccccc2)o1. The molecule has 94 valence electrons. The summed E-state index contributed by atoms with van der Waals surface area (Å²) in [5, 5.41) is 10.1. The van der Waals surface area contributed by atoms with E-state index in [4.69, 9.17) is 9.15 Å². The summed E-state index contributed by atoms with van der Waals surface area (Å²) in [6.45, 7) is 2.10. The van der Waals surface area contributed by atoms with E-state index in [0.29, 0.717) is 30.5 Å². The average molecular weight is 247 g/mol. The van der Waals surface area contributed by atoms with E-state index in [0.717, 1.165) is 0 Å². The van der Waals surface area contributed by atoms with Gasteiger partial charge in [0.1, 0.15) is 5.75 Å². The number of carbonyl (C=O) groups excluding carboxylic acids is 1. The van der Waals surface area contributed by atoms with E-state index in [9.17, 15) is 4.79 Å². The quantitative estimate of drug-likeness (QED) is 0.889. The van der Waals surface area contributed by atoms with Gasteiger partial charge in [0.05, 0.1) is 0 Å². The number of amides is 1. The first-order chi connectivity index (χ1) is 8.74. The molecule has 0 spiro atoms. The van der Waals surface area contributed by atoms with E-state index in [1.54, 1.807) is 31.2 Å². The van der Waals surface area contributed by atoms with Crippen LogP contribution in [0.5, 0.6) is 5.75 Å². The first-order valence-corrected chi connectivity index (χ1v) is 5.54. The Balaban J connectivity index is 1.72. The van der Waals surface area contributed by atoms with Crippen LogP contribution in [0.15, 0.2) is 34.7 Å². The third-order valence-corrected chi connectivity index (χ3v) is 2.13. The van der Waals surface area contributed by atoms with Gasteiger partial charge in [-0.15, -0.1) is 10.2 Å². The highest BCUT2D eigenvalue weighted by Crippen LogP contribution is 2.08. The van der Waals surface area contributed by atoms with Crippen molar-refractivity contribution in [2.24, 2.45) is 0 Å². The molecule has 1 amide bonds. The third-order valence-electron chi connectivity index (χ3n) is 2.13. The smallest absolute Gasteiger partial charge is 0.412 e. The van der Waals surface area contributed by atoms with Crippen molar-refractivity contribution in [2.75, 3.05) is 6.54 Å². The largest absolute Gasteiger partial charge is 0.426 e. The fourth-order valence-electron chi connectivity index (χ4n) is 1.34. The number of nitrogens with one attached hydrogen (secondary N) is 1. The Morgan fingerprint density at radius 1 is 1.33 bits per heavy atom. The van der Waals surface area contributed by atoms with Crippen LogP contribution in [0.25, 0.3) is 0 Å². The molecule has 6 heteroatoms. The normalized spacial score (nSPS) is 10.1. The molecule has 0 saturated heterocycles. The van der Waals surface area contributed by atoms with Crippen LogP contribution in [0.1, 0.15) is 11.8 Å². The summed E-state index contributed by atoms with van der Waals surface area (Å²) in [4.78, 5) is 11.4. The lowest BCUT2D eigenvalue weighted by Crippen LogP contribution is -2.28. The van der Waals surface area contributed by atoms with Crippen molar-refractivity contribution in [1.82, 2.24) is 15.5 Å². The van der Waals surface area contributed by atoms with Gasteiger partial charge in [-0.1, -0.05) is 18.2 Å². The van der Waals surface area contributed by atoms with Crippen LogP contribution in [0.4, 0.5) is 4.79 Å². The number of aromatic nitrogens is 2. The number of aryl methyl sites for hydroxylation is 1. The molecule has 0 unspecified atom stereocenters. The Bertz CT molecular complexity index is 510. The van der Waals surface area contributed by atoms with Gasteiger partial charge in [-0.05, 0) is 12.1 Å². The number of nitrogens with zero attached hydrogens (tertiary/aromatic N) is 2. The highest BCUT2D eigenvalue weighted by molar-refractivity contribution is 5.70. The fourth-order valence-corrected chi connectivity index (χ4v) is 1.34. The van der Waals surface area contributed by atoms with Crippen molar-refractivity contribution >= 4 is 6.09 Å². The fraction of sp³-hybridized carbons (Fsp3) is 0.250. The second-order valence-corrected chi connectivity index (χ2v) is 3.59. The average Bonchev–Trinajstić information content (AvgIpc) is 2.76. The summed E-state index contributed by atoms with van der Waals surface area (Å²) in [6, 6.07) is 8.86. The molecule has 0 fully saturated rings. The lowest BCUT2D eigenvalue weighted by molar-refractivity contribution is 0.200. The molecule has 0 saturated carbocycles. The molecule has 2 aromatic rings. The van der Waals surface area contributed by atoms with Gasteiger partial charge in [-0.25, -0.2) is 4.79 Å². The Labute approximate surface area is 104 Å². The maximum absolute atomic E-state index is 11.4. The van der Waals surface area contributed by atoms with Crippen molar-refractivity contribution in [1.29, 1.82) is 0 Å². The highest BCUT2D eigenvalue weighted by Gasteiger charge is 2.05. The topological polar surface area (TPSA) is 77.2 Å². The van der Waals surface area contributed by atoms with Crippen LogP contribution in [0.3, 0.4) is 0 Å². The minimum Gasteiger partial charge on any atom is -0.426 e. The molecule has 2 rings (SSSR count). The van der Waals surface area contributed by atoms with E-state index in [2.05, 4.69) is 15.5 Å². The lowest BCUT2D eigenvalue weighted by atomic mass is 10.3. The zero-order chi connectivity index (χ0) is 12.8. The molecule has 1 N–H and O–H groups in total. The Morgan fingerprint density at radius 2 is 2.11 bits per heavy atom. The van der Waals surface area contributed by atoms with E-state index >= 15 is 0 Å². The maximum atomic E-state index is 11.4. The summed E-state index contributed by atoms with van der Waals surface area (Å²) < 4.78 is 10.2. The summed E-state index contributed by atoms with van der Waals surface area (Å²) in [6.07, 6.45) is -0.0255. The van der Waals surface area contributed by atoms with Crippen molar-refractivity contribution in [3.63, 3.8) is 0 Å². The Morgan fingerprint density at radius 3 is 2.78 bits per heavy atom. The second-order valence-electron chi connectivity index (χ2n) is 3.59. The Kier molecular flexibility index (Phi) is 3.90. The zero-order valence-electron chi connectivity index (χ0n) is 9.92. The van der Waals surface area contributed by atoms with Crippen LogP contribution in [0, 0.1) is 6.92 Å². The number of carbonyl (C=O) groups is 1. The van der Waals surface area contributed by atoms with Crippen molar-refractivity contribution in [2.45, 2.75) is 13.3 Å². The molecule has 0 bridgehead atoms. The Hall–Kier alpha value is -2.37. The van der Waals surface area contributed by atoms with E-state index in [1.807, 2.05) is 6.07 Å².